The maximum Gasteiger partial charge on any atom is 0.257 e. The molecule has 1 aromatic heterocycles. The normalized spacial score (nSPS) is 10.1. The first-order chi connectivity index (χ1) is 8.58. The van der Waals surface area contributed by atoms with E-state index in [1.807, 2.05) is 6.92 Å². The molecule has 0 atom stereocenters. The number of carbonyl (C=O) groups is 1. The van der Waals surface area contributed by atoms with Gasteiger partial charge in [-0.05, 0) is 19.1 Å². The van der Waals surface area contributed by atoms with Crippen LogP contribution in [0.15, 0.2) is 24.4 Å². The summed E-state index contributed by atoms with van der Waals surface area (Å²) in [5.41, 5.74) is 6.62. The zero-order chi connectivity index (χ0) is 13.1. The van der Waals surface area contributed by atoms with E-state index in [2.05, 4.69) is 10.3 Å². The van der Waals surface area contributed by atoms with Crippen molar-refractivity contribution in [3.05, 3.63) is 34.8 Å². The Morgan fingerprint density at radius 3 is 2.83 bits per heavy atom. The van der Waals surface area contributed by atoms with Crippen molar-refractivity contribution in [2.75, 3.05) is 18.2 Å². The highest BCUT2D eigenvalue weighted by Gasteiger charge is 2.10. The molecule has 0 unspecified atom stereocenters. The van der Waals surface area contributed by atoms with Gasteiger partial charge in [-0.2, -0.15) is 0 Å². The fourth-order valence-electron chi connectivity index (χ4n) is 1.45. The molecule has 0 radical (unpaired) electrons. The van der Waals surface area contributed by atoms with Gasteiger partial charge in [-0.15, -0.1) is 11.3 Å². The van der Waals surface area contributed by atoms with E-state index in [9.17, 15) is 4.79 Å². The van der Waals surface area contributed by atoms with E-state index in [1.54, 1.807) is 24.4 Å². The quantitative estimate of drug-likeness (QED) is 0.833. The molecule has 1 aromatic carbocycles. The second-order valence-corrected chi connectivity index (χ2v) is 4.96. The highest BCUT2D eigenvalue weighted by atomic mass is 32.1. The third-order valence-electron chi connectivity index (χ3n) is 2.27. The first-order valence-electron chi connectivity index (χ1n) is 5.27. The molecule has 1 amide bonds. The number of anilines is 2. The van der Waals surface area contributed by atoms with Crippen molar-refractivity contribution in [1.82, 2.24) is 4.98 Å². The lowest BCUT2D eigenvalue weighted by Crippen LogP contribution is -2.12. The minimum atomic E-state index is -0.255. The lowest BCUT2D eigenvalue weighted by molar-refractivity contribution is 0.102. The molecule has 0 saturated heterocycles. The van der Waals surface area contributed by atoms with Gasteiger partial charge in [-0.1, -0.05) is 0 Å². The third kappa shape index (κ3) is 2.78. The molecule has 2 aromatic rings. The fourth-order valence-corrected chi connectivity index (χ4v) is 2.11. The number of hydrogen-bond donors (Lipinski definition) is 2. The summed E-state index contributed by atoms with van der Waals surface area (Å²) < 4.78 is 5.07. The van der Waals surface area contributed by atoms with Crippen molar-refractivity contribution in [2.24, 2.45) is 0 Å². The summed E-state index contributed by atoms with van der Waals surface area (Å²) in [5, 5.41) is 3.28. The van der Waals surface area contributed by atoms with Crippen LogP contribution < -0.4 is 15.8 Å². The molecule has 3 N–H and O–H groups in total. The Balaban J connectivity index is 2.20. The average Bonchev–Trinajstić information content (AvgIpc) is 2.73. The number of nitrogens with one attached hydrogen (secondary N) is 1. The van der Waals surface area contributed by atoms with Gasteiger partial charge in [0, 0.05) is 28.4 Å². The fraction of sp³-hybridized carbons (Fsp3) is 0.167. The van der Waals surface area contributed by atoms with Crippen molar-refractivity contribution in [2.45, 2.75) is 6.92 Å². The molecule has 18 heavy (non-hydrogen) atoms. The van der Waals surface area contributed by atoms with Crippen LogP contribution in [0.1, 0.15) is 15.2 Å². The molecule has 2 rings (SSSR count). The lowest BCUT2D eigenvalue weighted by atomic mass is 10.2. The topological polar surface area (TPSA) is 77.2 Å². The van der Waals surface area contributed by atoms with E-state index in [-0.39, 0.29) is 5.91 Å². The molecule has 0 aliphatic carbocycles. The van der Waals surface area contributed by atoms with E-state index in [1.165, 1.54) is 18.4 Å². The van der Waals surface area contributed by atoms with Crippen molar-refractivity contribution < 1.29 is 9.53 Å². The van der Waals surface area contributed by atoms with Crippen LogP contribution in [0.3, 0.4) is 0 Å². The number of hydrogen-bond acceptors (Lipinski definition) is 5. The van der Waals surface area contributed by atoms with Crippen LogP contribution in [0.5, 0.6) is 5.75 Å². The van der Waals surface area contributed by atoms with Crippen LogP contribution in [-0.2, 0) is 0 Å². The summed E-state index contributed by atoms with van der Waals surface area (Å²) >= 11 is 1.42. The van der Waals surface area contributed by atoms with Crippen LogP contribution in [0, 0.1) is 6.92 Å². The van der Waals surface area contributed by atoms with Crippen LogP contribution in [0.25, 0.3) is 0 Å². The number of methoxy groups -OCH3 is 1. The summed E-state index contributed by atoms with van der Waals surface area (Å²) in [6, 6.07) is 4.88. The summed E-state index contributed by atoms with van der Waals surface area (Å²) in [5.74, 6) is 0.297. The highest BCUT2D eigenvalue weighted by Crippen LogP contribution is 2.21. The molecule has 0 bridgehead atoms. The van der Waals surface area contributed by atoms with Gasteiger partial charge < -0.3 is 10.5 Å². The summed E-state index contributed by atoms with van der Waals surface area (Å²) in [6.07, 6.45) is 1.71. The molecule has 6 heteroatoms. The molecule has 94 valence electrons. The van der Waals surface area contributed by atoms with E-state index in [0.29, 0.717) is 22.1 Å². The van der Waals surface area contributed by atoms with E-state index in [0.717, 1.165) is 4.88 Å². The average molecular weight is 263 g/mol. The van der Waals surface area contributed by atoms with Gasteiger partial charge in [0.05, 0.1) is 7.11 Å². The van der Waals surface area contributed by atoms with Crippen LogP contribution in [0.4, 0.5) is 10.8 Å². The monoisotopic (exact) mass is 263 g/mol. The molecule has 5 nitrogen and oxygen atoms in total. The molecule has 0 aliphatic heterocycles. The first-order valence-corrected chi connectivity index (χ1v) is 6.08. The van der Waals surface area contributed by atoms with Crippen molar-refractivity contribution >= 4 is 28.1 Å². The van der Waals surface area contributed by atoms with E-state index in [4.69, 9.17) is 10.5 Å². The standard InChI is InChI=1S/C12H13N3O2S/c1-7-6-14-12(18-7)15-11(16)8-3-9(13)5-10(4-8)17-2/h3-6H,13H2,1-2H3,(H,14,15,16). The Bertz CT molecular complexity index is 580. The number of nitrogen functional groups attached to an aromatic ring is 1. The van der Waals surface area contributed by atoms with Gasteiger partial charge in [-0.25, -0.2) is 4.98 Å². The second-order valence-electron chi connectivity index (χ2n) is 3.73. The minimum Gasteiger partial charge on any atom is -0.497 e. The number of nitrogens with zero attached hydrogens (tertiary/aromatic N) is 1. The maximum absolute atomic E-state index is 12.0. The smallest absolute Gasteiger partial charge is 0.257 e. The zero-order valence-corrected chi connectivity index (χ0v) is 10.9. The van der Waals surface area contributed by atoms with E-state index >= 15 is 0 Å². The van der Waals surface area contributed by atoms with E-state index < -0.39 is 0 Å². The van der Waals surface area contributed by atoms with Gasteiger partial charge >= 0.3 is 0 Å². The zero-order valence-electron chi connectivity index (χ0n) is 10.1. The maximum atomic E-state index is 12.0. The van der Waals surface area contributed by atoms with Crippen molar-refractivity contribution in [3.63, 3.8) is 0 Å². The molecule has 0 spiro atoms. The minimum absolute atomic E-state index is 0.255. The van der Waals surface area contributed by atoms with Gasteiger partial charge in [-0.3, -0.25) is 10.1 Å². The van der Waals surface area contributed by atoms with Gasteiger partial charge in [0.15, 0.2) is 5.13 Å². The highest BCUT2D eigenvalue weighted by molar-refractivity contribution is 7.15. The number of thiazole rings is 1. The van der Waals surface area contributed by atoms with Gasteiger partial charge in [0.2, 0.25) is 0 Å². The number of benzene rings is 1. The van der Waals surface area contributed by atoms with Crippen LogP contribution in [0.2, 0.25) is 0 Å². The van der Waals surface area contributed by atoms with Crippen LogP contribution >= 0.6 is 11.3 Å². The van der Waals surface area contributed by atoms with Crippen LogP contribution in [-0.4, -0.2) is 18.0 Å². The predicted octanol–water partition coefficient (Wildman–Crippen LogP) is 2.29. The largest absolute Gasteiger partial charge is 0.497 e. The van der Waals surface area contributed by atoms with Crippen molar-refractivity contribution in [3.8, 4) is 5.75 Å². The second kappa shape index (κ2) is 5.05. The Morgan fingerprint density at radius 1 is 1.44 bits per heavy atom. The molecule has 0 fully saturated rings. The Morgan fingerprint density at radius 2 is 2.22 bits per heavy atom. The number of nitrogens with two attached hydrogens (primary N) is 1. The number of amides is 1. The van der Waals surface area contributed by atoms with Gasteiger partial charge in [0.25, 0.3) is 5.91 Å². The predicted molar refractivity (Wildman–Crippen MR) is 72.2 cm³/mol. The Kier molecular flexibility index (Phi) is 3.47. The molecule has 1 heterocycles. The Hall–Kier alpha value is -2.08. The van der Waals surface area contributed by atoms with Crippen molar-refractivity contribution in [1.29, 1.82) is 0 Å². The first kappa shape index (κ1) is 12.4. The number of aromatic nitrogens is 1. The summed E-state index contributed by atoms with van der Waals surface area (Å²) in [6.45, 7) is 1.93. The summed E-state index contributed by atoms with van der Waals surface area (Å²) in [7, 11) is 1.53. The molecule has 0 aliphatic rings. The number of ether oxygens (including phenoxy) is 1. The molecular formula is C12H13N3O2S. The lowest BCUT2D eigenvalue weighted by Gasteiger charge is -2.06. The molecule has 0 saturated carbocycles. The Labute approximate surface area is 109 Å². The molecular weight excluding hydrogens is 250 g/mol. The van der Waals surface area contributed by atoms with Gasteiger partial charge in [0.1, 0.15) is 5.75 Å². The SMILES string of the molecule is COc1cc(N)cc(C(=O)Nc2ncc(C)s2)c1. The number of rotatable bonds is 3. The third-order valence-corrected chi connectivity index (χ3v) is 3.10. The number of carbonyl (C=O) groups excluding carboxylic acids is 1. The number of aryl methyl sites for hydroxylation is 1. The summed E-state index contributed by atoms with van der Waals surface area (Å²) in [4.78, 5) is 17.1.